The summed E-state index contributed by atoms with van der Waals surface area (Å²) in [7, 11) is 0. The highest BCUT2D eigenvalue weighted by Crippen LogP contribution is 2.48. The van der Waals surface area contributed by atoms with Gasteiger partial charge >= 0.3 is 6.18 Å². The summed E-state index contributed by atoms with van der Waals surface area (Å²) >= 11 is 1.46. The second-order valence-electron chi connectivity index (χ2n) is 6.03. The molecule has 0 saturated heterocycles. The summed E-state index contributed by atoms with van der Waals surface area (Å²) in [6, 6.07) is 9.41. The Balaban J connectivity index is 1.95. The molecule has 3 aromatic rings. The minimum Gasteiger partial charge on any atom is -0.322 e. The molecule has 1 unspecified atom stereocenters. The monoisotopic (exact) mass is 322 g/mol. The van der Waals surface area contributed by atoms with Crippen LogP contribution in [0.4, 0.5) is 13.2 Å². The molecule has 0 fully saturated rings. The predicted molar refractivity (Wildman–Crippen MR) is 81.1 cm³/mol. The minimum absolute atomic E-state index is 0.298. The van der Waals surface area contributed by atoms with Crippen molar-refractivity contribution in [2.45, 2.75) is 31.5 Å². The van der Waals surface area contributed by atoms with Gasteiger partial charge in [0.1, 0.15) is 0 Å². The Labute approximate surface area is 129 Å². The molecule has 0 radical (unpaired) electrons. The van der Waals surface area contributed by atoms with Crippen LogP contribution in [0, 0.1) is 0 Å². The predicted octanol–water partition coefficient (Wildman–Crippen LogP) is 4.99. The largest absolute Gasteiger partial charge is 0.390 e. The van der Waals surface area contributed by atoms with Crippen molar-refractivity contribution in [1.29, 1.82) is 0 Å². The lowest BCUT2D eigenvalue weighted by Gasteiger charge is -2.35. The van der Waals surface area contributed by atoms with Crippen molar-refractivity contribution >= 4 is 22.4 Å². The van der Waals surface area contributed by atoms with Gasteiger partial charge in [0.15, 0.2) is 5.82 Å². The van der Waals surface area contributed by atoms with Gasteiger partial charge in [-0.3, -0.25) is 0 Å². The smallest absolute Gasteiger partial charge is 0.322 e. The third-order valence-corrected chi connectivity index (χ3v) is 5.18. The molecule has 22 heavy (non-hydrogen) atoms. The Morgan fingerprint density at radius 3 is 2.82 bits per heavy atom. The van der Waals surface area contributed by atoms with E-state index in [2.05, 4.69) is 4.98 Å². The van der Waals surface area contributed by atoms with E-state index in [1.54, 1.807) is 6.92 Å². The Morgan fingerprint density at radius 2 is 2.05 bits per heavy atom. The van der Waals surface area contributed by atoms with E-state index >= 15 is 0 Å². The molecule has 0 amide bonds. The lowest BCUT2D eigenvalue weighted by atomic mass is 9.77. The number of fused-ring (bicyclic) bond motifs is 5. The highest BCUT2D eigenvalue weighted by Gasteiger charge is 2.45. The number of rotatable bonds is 1. The van der Waals surface area contributed by atoms with E-state index in [1.165, 1.54) is 11.3 Å². The molecular weight excluding hydrogens is 309 g/mol. The van der Waals surface area contributed by atoms with Gasteiger partial charge < -0.3 is 4.57 Å². The van der Waals surface area contributed by atoms with Crippen molar-refractivity contribution in [3.8, 4) is 10.7 Å². The number of imidazole rings is 1. The van der Waals surface area contributed by atoms with Gasteiger partial charge in [0.05, 0.1) is 22.3 Å². The van der Waals surface area contributed by atoms with E-state index in [1.807, 2.05) is 40.3 Å². The van der Waals surface area contributed by atoms with Gasteiger partial charge in [-0.2, -0.15) is 13.2 Å². The van der Waals surface area contributed by atoms with Crippen LogP contribution < -0.4 is 0 Å². The zero-order chi connectivity index (χ0) is 15.5. The topological polar surface area (TPSA) is 17.8 Å². The Hall–Kier alpha value is -1.82. The van der Waals surface area contributed by atoms with E-state index in [0.717, 1.165) is 27.3 Å². The van der Waals surface area contributed by atoms with Crippen molar-refractivity contribution in [2.75, 3.05) is 0 Å². The van der Waals surface area contributed by atoms with Crippen LogP contribution in [0.3, 0.4) is 0 Å². The van der Waals surface area contributed by atoms with E-state index < -0.39 is 18.0 Å². The number of halogens is 3. The van der Waals surface area contributed by atoms with Gasteiger partial charge in [-0.05, 0) is 29.1 Å². The summed E-state index contributed by atoms with van der Waals surface area (Å²) < 4.78 is 41.2. The molecule has 2 aromatic heterocycles. The summed E-state index contributed by atoms with van der Waals surface area (Å²) in [4.78, 5) is 5.48. The molecule has 114 valence electrons. The zero-order valence-electron chi connectivity index (χ0n) is 11.8. The number of thiophene rings is 1. The van der Waals surface area contributed by atoms with Crippen LogP contribution in [0.1, 0.15) is 18.9 Å². The molecule has 1 aromatic carbocycles. The molecule has 4 rings (SSSR count). The summed E-state index contributed by atoms with van der Waals surface area (Å²) in [5.41, 5.74) is 1.53. The second-order valence-corrected chi connectivity index (χ2v) is 6.94. The van der Waals surface area contributed by atoms with Crippen LogP contribution in [0.25, 0.3) is 21.7 Å². The van der Waals surface area contributed by atoms with Gasteiger partial charge in [-0.15, -0.1) is 11.3 Å². The fourth-order valence-corrected chi connectivity index (χ4v) is 4.44. The van der Waals surface area contributed by atoms with Crippen molar-refractivity contribution in [1.82, 2.24) is 9.55 Å². The van der Waals surface area contributed by atoms with Crippen molar-refractivity contribution in [3.05, 3.63) is 41.3 Å². The molecule has 1 aliphatic rings. The number of hydrogen-bond acceptors (Lipinski definition) is 2. The van der Waals surface area contributed by atoms with Gasteiger partial charge in [0, 0.05) is 12.0 Å². The fraction of sp³-hybridized carbons (Fsp3) is 0.312. The van der Waals surface area contributed by atoms with Gasteiger partial charge in [0.25, 0.3) is 0 Å². The average Bonchev–Trinajstić information content (AvgIpc) is 3.01. The highest BCUT2D eigenvalue weighted by molar-refractivity contribution is 7.13. The maximum Gasteiger partial charge on any atom is 0.390 e. The van der Waals surface area contributed by atoms with Crippen molar-refractivity contribution < 1.29 is 13.2 Å². The summed E-state index contributed by atoms with van der Waals surface area (Å²) in [6.45, 7) is 2.00. The molecule has 1 aliphatic heterocycles. The molecular formula is C16H13F3N2S. The molecule has 0 aliphatic carbocycles. The Morgan fingerprint density at radius 1 is 1.27 bits per heavy atom. The molecule has 0 saturated carbocycles. The third kappa shape index (κ3) is 1.97. The van der Waals surface area contributed by atoms with Crippen LogP contribution in [-0.2, 0) is 12.0 Å². The van der Waals surface area contributed by atoms with E-state index in [4.69, 9.17) is 0 Å². The first-order chi connectivity index (χ1) is 10.4. The molecule has 0 bridgehead atoms. The first-order valence-corrected chi connectivity index (χ1v) is 7.86. The number of nitrogens with zero attached hydrogens (tertiary/aromatic N) is 2. The molecule has 2 nitrogen and oxygen atoms in total. The zero-order valence-corrected chi connectivity index (χ0v) is 12.6. The van der Waals surface area contributed by atoms with Crippen molar-refractivity contribution in [2.24, 2.45) is 0 Å². The summed E-state index contributed by atoms with van der Waals surface area (Å²) in [6.07, 6.45) is -5.02. The van der Waals surface area contributed by atoms with Crippen LogP contribution >= 0.6 is 11.3 Å². The Kier molecular flexibility index (Phi) is 2.73. The molecule has 0 N–H and O–H groups in total. The molecule has 3 heterocycles. The van der Waals surface area contributed by atoms with Crippen LogP contribution in [-0.4, -0.2) is 15.7 Å². The van der Waals surface area contributed by atoms with E-state index in [9.17, 15) is 13.2 Å². The Bertz CT molecular complexity index is 862. The number of hydrogen-bond donors (Lipinski definition) is 0. The van der Waals surface area contributed by atoms with Gasteiger partial charge in [0.2, 0.25) is 0 Å². The maximum atomic E-state index is 13.1. The van der Waals surface area contributed by atoms with Crippen LogP contribution in [0.15, 0.2) is 35.7 Å². The van der Waals surface area contributed by atoms with Crippen LogP contribution in [0.2, 0.25) is 0 Å². The normalized spacial score (nSPS) is 20.9. The van der Waals surface area contributed by atoms with Crippen LogP contribution in [0.5, 0.6) is 0 Å². The number of benzene rings is 1. The molecule has 6 heteroatoms. The van der Waals surface area contributed by atoms with Gasteiger partial charge in [-0.1, -0.05) is 19.1 Å². The molecule has 0 spiro atoms. The average molecular weight is 322 g/mol. The first kappa shape index (κ1) is 13.8. The number of aromatic nitrogens is 2. The first-order valence-electron chi connectivity index (χ1n) is 6.98. The lowest BCUT2D eigenvalue weighted by molar-refractivity contribution is -0.148. The van der Waals surface area contributed by atoms with E-state index in [-0.39, 0.29) is 0 Å². The quantitative estimate of drug-likeness (QED) is 0.617. The van der Waals surface area contributed by atoms with E-state index in [0.29, 0.717) is 6.54 Å². The summed E-state index contributed by atoms with van der Waals surface area (Å²) in [5, 5.41) is 1.86. The lowest BCUT2D eigenvalue weighted by Crippen LogP contribution is -2.36. The second kappa shape index (κ2) is 4.35. The molecule has 1 atom stereocenters. The minimum atomic E-state index is -4.19. The number of alkyl halides is 3. The summed E-state index contributed by atoms with van der Waals surface area (Å²) in [5.74, 6) is 0.783. The third-order valence-electron chi connectivity index (χ3n) is 4.27. The maximum absolute atomic E-state index is 13.1. The highest BCUT2D eigenvalue weighted by atomic mass is 32.1. The van der Waals surface area contributed by atoms with Gasteiger partial charge in [-0.25, -0.2) is 4.98 Å². The van der Waals surface area contributed by atoms with Crippen molar-refractivity contribution in [3.63, 3.8) is 0 Å². The fourth-order valence-electron chi connectivity index (χ4n) is 3.39. The standard InChI is InChI=1S/C16H13F3N2S/c1-15(8-16(17,18)19)9-21-12-5-3-2-4-11(12)20-14(21)13-10(15)6-7-22-13/h2-7H,8-9H2,1H3. The number of para-hydroxylation sites is 2. The SMILES string of the molecule is CC1(CC(F)(F)F)Cn2c(nc3ccccc32)-c2sccc21.